The number of hydrogen-bond donors (Lipinski definition) is 1. The van der Waals surface area contributed by atoms with Crippen molar-refractivity contribution < 1.29 is 14.3 Å². The first-order chi connectivity index (χ1) is 12.7. The molecule has 0 fully saturated rings. The Balaban J connectivity index is 1.75. The van der Waals surface area contributed by atoms with Gasteiger partial charge >= 0.3 is 0 Å². The van der Waals surface area contributed by atoms with E-state index in [4.69, 9.17) is 16.3 Å². The Morgan fingerprint density at radius 3 is 2.70 bits per heavy atom. The van der Waals surface area contributed by atoms with Crippen molar-refractivity contribution in [2.24, 2.45) is 0 Å². The normalized spacial score (nSPS) is 15.1. The van der Waals surface area contributed by atoms with Crippen molar-refractivity contribution in [3.63, 3.8) is 0 Å². The van der Waals surface area contributed by atoms with Gasteiger partial charge in [0.2, 0.25) is 5.91 Å². The fourth-order valence-electron chi connectivity index (χ4n) is 2.96. The quantitative estimate of drug-likeness (QED) is 0.716. The van der Waals surface area contributed by atoms with Gasteiger partial charge in [0.1, 0.15) is 5.75 Å². The number of benzene rings is 2. The van der Waals surface area contributed by atoms with E-state index in [9.17, 15) is 9.59 Å². The van der Waals surface area contributed by atoms with E-state index in [2.05, 4.69) is 21.2 Å². The molecule has 1 N–H and O–H groups in total. The SMILES string of the molecule is Cc1cc(Br)ccc1NC(=O)CCN1C(=O)C(C)(C)Oc2ccc(Cl)cc21. The van der Waals surface area contributed by atoms with Crippen LogP contribution < -0.4 is 15.0 Å². The predicted octanol–water partition coefficient (Wildman–Crippen LogP) is 4.94. The fourth-order valence-corrected chi connectivity index (χ4v) is 3.60. The number of anilines is 2. The molecule has 7 heteroatoms. The number of hydrogen-bond acceptors (Lipinski definition) is 3. The number of ether oxygens (including phenoxy) is 1. The number of aryl methyl sites for hydroxylation is 1. The molecule has 1 aliphatic heterocycles. The van der Waals surface area contributed by atoms with Crippen molar-refractivity contribution in [3.05, 3.63) is 51.5 Å². The zero-order valence-electron chi connectivity index (χ0n) is 15.3. The largest absolute Gasteiger partial charge is 0.476 e. The summed E-state index contributed by atoms with van der Waals surface area (Å²) in [5.74, 6) is 0.208. The third-order valence-corrected chi connectivity index (χ3v) is 5.09. The standard InChI is InChI=1S/C20H20BrClN2O3/c1-12-10-13(21)4-6-15(12)23-18(25)8-9-24-16-11-14(22)5-7-17(16)27-20(2,3)19(24)26/h4-7,10-11H,8-9H2,1-3H3,(H,23,25). The Morgan fingerprint density at radius 2 is 2.00 bits per heavy atom. The van der Waals surface area contributed by atoms with E-state index in [-0.39, 0.29) is 24.8 Å². The van der Waals surface area contributed by atoms with Crippen LogP contribution in [-0.4, -0.2) is 24.0 Å². The van der Waals surface area contributed by atoms with Crippen molar-refractivity contribution in [2.45, 2.75) is 32.8 Å². The average Bonchev–Trinajstić information content (AvgIpc) is 2.58. The number of fused-ring (bicyclic) bond motifs is 1. The molecule has 27 heavy (non-hydrogen) atoms. The van der Waals surface area contributed by atoms with Gasteiger partial charge in [-0.2, -0.15) is 0 Å². The maximum absolute atomic E-state index is 12.8. The maximum atomic E-state index is 12.8. The number of carbonyl (C=O) groups is 2. The zero-order valence-corrected chi connectivity index (χ0v) is 17.6. The molecule has 2 aromatic carbocycles. The number of carbonyl (C=O) groups excluding carboxylic acids is 2. The van der Waals surface area contributed by atoms with Crippen LogP contribution in [0.15, 0.2) is 40.9 Å². The summed E-state index contributed by atoms with van der Waals surface area (Å²) in [6.45, 7) is 5.59. The second-order valence-electron chi connectivity index (χ2n) is 6.94. The fraction of sp³-hybridized carbons (Fsp3) is 0.300. The van der Waals surface area contributed by atoms with E-state index in [1.807, 2.05) is 25.1 Å². The third-order valence-electron chi connectivity index (χ3n) is 4.36. The molecule has 0 saturated heterocycles. The van der Waals surface area contributed by atoms with E-state index < -0.39 is 5.60 Å². The number of rotatable bonds is 4. The summed E-state index contributed by atoms with van der Waals surface area (Å²) in [5, 5.41) is 3.40. The molecular weight excluding hydrogens is 432 g/mol. The smallest absolute Gasteiger partial charge is 0.270 e. The molecule has 0 saturated carbocycles. The molecule has 2 amide bonds. The Hall–Kier alpha value is -2.05. The first-order valence-corrected chi connectivity index (χ1v) is 9.71. The lowest BCUT2D eigenvalue weighted by molar-refractivity contribution is -0.132. The highest BCUT2D eigenvalue weighted by Crippen LogP contribution is 2.39. The van der Waals surface area contributed by atoms with Gasteiger partial charge in [-0.1, -0.05) is 27.5 Å². The molecule has 2 aromatic rings. The molecular formula is C20H20BrClN2O3. The highest BCUT2D eigenvalue weighted by molar-refractivity contribution is 9.10. The Kier molecular flexibility index (Phi) is 5.49. The minimum absolute atomic E-state index is 0.156. The molecule has 0 radical (unpaired) electrons. The first kappa shape index (κ1) is 19.7. The van der Waals surface area contributed by atoms with Gasteiger partial charge in [0.25, 0.3) is 5.91 Å². The summed E-state index contributed by atoms with van der Waals surface area (Å²) < 4.78 is 6.74. The Labute approximate surface area is 171 Å². The summed E-state index contributed by atoms with van der Waals surface area (Å²) in [7, 11) is 0. The molecule has 0 aliphatic carbocycles. The van der Waals surface area contributed by atoms with Crippen LogP contribution in [0.5, 0.6) is 5.75 Å². The lowest BCUT2D eigenvalue weighted by Crippen LogP contribution is -2.53. The average molecular weight is 452 g/mol. The van der Waals surface area contributed by atoms with Crippen LogP contribution in [0, 0.1) is 6.92 Å². The Morgan fingerprint density at radius 1 is 1.26 bits per heavy atom. The van der Waals surface area contributed by atoms with E-state index in [1.54, 1.807) is 36.9 Å². The molecule has 1 aliphatic rings. The second-order valence-corrected chi connectivity index (χ2v) is 8.29. The summed E-state index contributed by atoms with van der Waals surface area (Å²) in [6, 6.07) is 10.8. The van der Waals surface area contributed by atoms with Crippen LogP contribution in [0.2, 0.25) is 5.02 Å². The van der Waals surface area contributed by atoms with E-state index in [0.717, 1.165) is 15.7 Å². The third kappa shape index (κ3) is 4.28. The lowest BCUT2D eigenvalue weighted by atomic mass is 10.0. The van der Waals surface area contributed by atoms with Crippen LogP contribution in [0.25, 0.3) is 0 Å². The second kappa shape index (κ2) is 7.52. The van der Waals surface area contributed by atoms with Gasteiger partial charge in [-0.05, 0) is 62.7 Å². The molecule has 0 unspecified atom stereocenters. The summed E-state index contributed by atoms with van der Waals surface area (Å²) in [6.07, 6.45) is 0.156. The molecule has 0 atom stereocenters. The van der Waals surface area contributed by atoms with Crippen molar-refractivity contribution in [1.29, 1.82) is 0 Å². The number of amides is 2. The molecule has 5 nitrogen and oxygen atoms in total. The first-order valence-electron chi connectivity index (χ1n) is 8.54. The topological polar surface area (TPSA) is 58.6 Å². The summed E-state index contributed by atoms with van der Waals surface area (Å²) >= 11 is 9.49. The van der Waals surface area contributed by atoms with Crippen LogP contribution >= 0.6 is 27.5 Å². The highest BCUT2D eigenvalue weighted by atomic mass is 79.9. The minimum atomic E-state index is -1.00. The number of nitrogens with zero attached hydrogens (tertiary/aromatic N) is 1. The Bertz CT molecular complexity index is 914. The maximum Gasteiger partial charge on any atom is 0.270 e. The molecule has 3 rings (SSSR count). The highest BCUT2D eigenvalue weighted by Gasteiger charge is 2.40. The van der Waals surface area contributed by atoms with E-state index >= 15 is 0 Å². The molecule has 142 valence electrons. The zero-order chi connectivity index (χ0) is 19.8. The summed E-state index contributed by atoms with van der Waals surface area (Å²) in [4.78, 5) is 26.8. The molecule has 1 heterocycles. The van der Waals surface area contributed by atoms with Crippen molar-refractivity contribution >= 4 is 50.7 Å². The number of halogens is 2. The van der Waals surface area contributed by atoms with E-state index in [1.165, 1.54) is 0 Å². The van der Waals surface area contributed by atoms with Gasteiger partial charge < -0.3 is 15.0 Å². The van der Waals surface area contributed by atoms with Gasteiger partial charge in [0, 0.05) is 28.1 Å². The molecule has 0 bridgehead atoms. The van der Waals surface area contributed by atoms with Crippen LogP contribution in [0.3, 0.4) is 0 Å². The van der Waals surface area contributed by atoms with Gasteiger partial charge in [-0.25, -0.2) is 0 Å². The monoisotopic (exact) mass is 450 g/mol. The summed E-state index contributed by atoms with van der Waals surface area (Å²) in [5.41, 5.74) is 1.29. The van der Waals surface area contributed by atoms with Crippen molar-refractivity contribution in [1.82, 2.24) is 0 Å². The molecule has 0 aromatic heterocycles. The number of nitrogens with one attached hydrogen (secondary N) is 1. The van der Waals surface area contributed by atoms with Gasteiger partial charge in [0.15, 0.2) is 5.60 Å². The van der Waals surface area contributed by atoms with Gasteiger partial charge in [-0.15, -0.1) is 0 Å². The minimum Gasteiger partial charge on any atom is -0.476 e. The van der Waals surface area contributed by atoms with Gasteiger partial charge in [-0.3, -0.25) is 9.59 Å². The van der Waals surface area contributed by atoms with Crippen LogP contribution in [-0.2, 0) is 9.59 Å². The van der Waals surface area contributed by atoms with Gasteiger partial charge in [0.05, 0.1) is 5.69 Å². The van der Waals surface area contributed by atoms with Crippen molar-refractivity contribution in [3.8, 4) is 5.75 Å². The van der Waals surface area contributed by atoms with Crippen LogP contribution in [0.1, 0.15) is 25.8 Å². The lowest BCUT2D eigenvalue weighted by Gasteiger charge is -2.38. The molecule has 0 spiro atoms. The predicted molar refractivity (Wildman–Crippen MR) is 111 cm³/mol. The van der Waals surface area contributed by atoms with Crippen LogP contribution in [0.4, 0.5) is 11.4 Å². The van der Waals surface area contributed by atoms with Crippen molar-refractivity contribution in [2.75, 3.05) is 16.8 Å². The van der Waals surface area contributed by atoms with E-state index in [0.29, 0.717) is 16.5 Å².